The molecule has 0 aliphatic rings. The van der Waals surface area contributed by atoms with Crippen LogP contribution in [0.4, 0.5) is 0 Å². The van der Waals surface area contributed by atoms with Gasteiger partial charge in [-0.1, -0.05) is 47.5 Å². The Labute approximate surface area is 177 Å². The molecule has 1 atom stereocenters. The van der Waals surface area contributed by atoms with Gasteiger partial charge in [-0.25, -0.2) is 8.42 Å². The minimum Gasteiger partial charge on any atom is -0.271 e. The lowest BCUT2D eigenvalue weighted by Crippen LogP contribution is -2.14. The summed E-state index contributed by atoms with van der Waals surface area (Å²) in [6.07, 6.45) is 1.02. The molecule has 0 fully saturated rings. The van der Waals surface area contributed by atoms with E-state index >= 15 is 0 Å². The second-order valence-corrected chi connectivity index (χ2v) is 9.33. The van der Waals surface area contributed by atoms with Crippen LogP contribution in [0.5, 0.6) is 0 Å². The SMILES string of the molecule is CC(c1nnn(S(C)(=O)=O)n1)c1c2cccc(-c3ccc(Cl)cc3Cl)c2nn1C. The van der Waals surface area contributed by atoms with Crippen LogP contribution < -0.4 is 0 Å². The number of hydrogen-bond acceptors (Lipinski definition) is 6. The second kappa shape index (κ2) is 7.08. The molecule has 0 saturated carbocycles. The molecule has 0 saturated heterocycles. The molecule has 4 rings (SSSR count). The molecular formula is C18H16Cl2N6O2S. The van der Waals surface area contributed by atoms with Crippen molar-refractivity contribution in [3.63, 3.8) is 0 Å². The third-order valence-corrected chi connectivity index (χ3v) is 5.93. The fraction of sp³-hybridized carbons (Fsp3) is 0.222. The molecule has 0 spiro atoms. The highest BCUT2D eigenvalue weighted by molar-refractivity contribution is 7.88. The zero-order chi connectivity index (χ0) is 20.9. The van der Waals surface area contributed by atoms with E-state index in [9.17, 15) is 8.42 Å². The van der Waals surface area contributed by atoms with Crippen molar-refractivity contribution in [2.24, 2.45) is 7.05 Å². The van der Waals surface area contributed by atoms with Gasteiger partial charge in [0.15, 0.2) is 5.82 Å². The number of tetrazole rings is 1. The zero-order valence-corrected chi connectivity index (χ0v) is 18.0. The summed E-state index contributed by atoms with van der Waals surface area (Å²) >= 11 is 12.4. The number of fused-ring (bicyclic) bond motifs is 1. The number of rotatable bonds is 4. The van der Waals surface area contributed by atoms with Crippen LogP contribution in [0.3, 0.4) is 0 Å². The average Bonchev–Trinajstić information content (AvgIpc) is 3.25. The zero-order valence-electron chi connectivity index (χ0n) is 15.7. The van der Waals surface area contributed by atoms with E-state index in [-0.39, 0.29) is 11.7 Å². The molecule has 2 aromatic carbocycles. The summed E-state index contributed by atoms with van der Waals surface area (Å²) in [7, 11) is -1.78. The molecule has 150 valence electrons. The summed E-state index contributed by atoms with van der Waals surface area (Å²) < 4.78 is 25.7. The Balaban J connectivity index is 1.87. The van der Waals surface area contributed by atoms with Gasteiger partial charge in [-0.3, -0.25) is 4.68 Å². The molecular weight excluding hydrogens is 435 g/mol. The van der Waals surface area contributed by atoms with Crippen LogP contribution in [-0.2, 0) is 17.1 Å². The van der Waals surface area contributed by atoms with E-state index in [1.807, 2.05) is 38.2 Å². The Morgan fingerprint density at radius 2 is 1.83 bits per heavy atom. The summed E-state index contributed by atoms with van der Waals surface area (Å²) in [6.45, 7) is 1.88. The first-order chi connectivity index (χ1) is 13.7. The highest BCUT2D eigenvalue weighted by Crippen LogP contribution is 2.37. The Kier molecular flexibility index (Phi) is 4.84. The van der Waals surface area contributed by atoms with Crippen LogP contribution in [-0.4, -0.2) is 44.1 Å². The molecule has 0 amide bonds. The molecule has 29 heavy (non-hydrogen) atoms. The fourth-order valence-electron chi connectivity index (χ4n) is 3.32. The van der Waals surface area contributed by atoms with Gasteiger partial charge in [-0.2, -0.15) is 5.10 Å². The van der Waals surface area contributed by atoms with Gasteiger partial charge in [0.05, 0.1) is 17.9 Å². The van der Waals surface area contributed by atoms with E-state index in [2.05, 4.69) is 20.5 Å². The maximum Gasteiger partial charge on any atom is 0.268 e. The Morgan fingerprint density at radius 1 is 1.07 bits per heavy atom. The number of benzene rings is 2. The topological polar surface area (TPSA) is 95.6 Å². The quantitative estimate of drug-likeness (QED) is 0.471. The lowest BCUT2D eigenvalue weighted by Gasteiger charge is -2.09. The maximum atomic E-state index is 11.7. The van der Waals surface area contributed by atoms with E-state index in [1.54, 1.807) is 16.8 Å². The largest absolute Gasteiger partial charge is 0.271 e. The van der Waals surface area contributed by atoms with Crippen LogP contribution in [0.1, 0.15) is 24.4 Å². The molecule has 0 aliphatic carbocycles. The summed E-state index contributed by atoms with van der Waals surface area (Å²) in [4.78, 5) is 0. The van der Waals surface area contributed by atoms with Crippen LogP contribution in [0, 0.1) is 0 Å². The van der Waals surface area contributed by atoms with Gasteiger partial charge in [-0.05, 0) is 28.5 Å². The standard InChI is InChI=1S/C18H16Cl2N6O2S/c1-10(18-21-24-26(23-18)29(3,27)28)17-14-6-4-5-13(16(14)22-25(17)2)12-8-7-11(19)9-15(12)20/h4-10H,1-3H3. The first-order valence-corrected chi connectivity index (χ1v) is 11.2. The van der Waals surface area contributed by atoms with Crippen molar-refractivity contribution in [1.29, 1.82) is 0 Å². The van der Waals surface area contributed by atoms with Crippen LogP contribution >= 0.6 is 23.2 Å². The molecule has 0 radical (unpaired) electrons. The third kappa shape index (κ3) is 3.50. The monoisotopic (exact) mass is 450 g/mol. The van der Waals surface area contributed by atoms with E-state index in [0.29, 0.717) is 14.2 Å². The van der Waals surface area contributed by atoms with E-state index < -0.39 is 10.0 Å². The van der Waals surface area contributed by atoms with Crippen molar-refractivity contribution in [2.75, 3.05) is 6.26 Å². The smallest absolute Gasteiger partial charge is 0.268 e. The van der Waals surface area contributed by atoms with Gasteiger partial charge in [0.25, 0.3) is 10.0 Å². The predicted molar refractivity (Wildman–Crippen MR) is 112 cm³/mol. The minimum absolute atomic E-state index is 0.287. The highest BCUT2D eigenvalue weighted by atomic mass is 35.5. The van der Waals surface area contributed by atoms with E-state index in [4.69, 9.17) is 23.2 Å². The molecule has 0 bridgehead atoms. The third-order valence-electron chi connectivity index (χ3n) is 4.64. The summed E-state index contributed by atoms with van der Waals surface area (Å²) in [5.41, 5.74) is 3.28. The van der Waals surface area contributed by atoms with Crippen LogP contribution in [0.15, 0.2) is 36.4 Å². The fourth-order valence-corrected chi connectivity index (χ4v) is 4.23. The summed E-state index contributed by atoms with van der Waals surface area (Å²) in [6, 6.07) is 11.1. The number of aryl methyl sites for hydroxylation is 1. The second-order valence-electron chi connectivity index (χ2n) is 6.69. The lowest BCUT2D eigenvalue weighted by atomic mass is 9.98. The van der Waals surface area contributed by atoms with Crippen molar-refractivity contribution in [2.45, 2.75) is 12.8 Å². The van der Waals surface area contributed by atoms with Crippen molar-refractivity contribution in [3.05, 3.63) is 58.0 Å². The maximum absolute atomic E-state index is 11.7. The average molecular weight is 451 g/mol. The Hall–Kier alpha value is -2.49. The van der Waals surface area contributed by atoms with Crippen LogP contribution in [0.2, 0.25) is 10.0 Å². The molecule has 4 aromatic rings. The van der Waals surface area contributed by atoms with Gasteiger partial charge < -0.3 is 0 Å². The Morgan fingerprint density at radius 3 is 2.48 bits per heavy atom. The molecule has 0 aliphatic heterocycles. The first-order valence-electron chi connectivity index (χ1n) is 8.58. The molecule has 8 nitrogen and oxygen atoms in total. The van der Waals surface area contributed by atoms with Gasteiger partial charge >= 0.3 is 0 Å². The van der Waals surface area contributed by atoms with Gasteiger partial charge in [0, 0.05) is 33.6 Å². The van der Waals surface area contributed by atoms with Crippen molar-refractivity contribution >= 4 is 44.1 Å². The number of aromatic nitrogens is 6. The number of halogens is 2. The first kappa shape index (κ1) is 19.8. The Bertz CT molecular complexity index is 1350. The minimum atomic E-state index is -3.60. The molecule has 2 aromatic heterocycles. The van der Waals surface area contributed by atoms with E-state index in [1.165, 1.54) is 0 Å². The van der Waals surface area contributed by atoms with Crippen molar-refractivity contribution < 1.29 is 8.42 Å². The van der Waals surface area contributed by atoms with Crippen molar-refractivity contribution in [1.82, 2.24) is 29.4 Å². The lowest BCUT2D eigenvalue weighted by molar-refractivity contribution is 0.571. The van der Waals surface area contributed by atoms with E-state index in [0.717, 1.165) is 34.0 Å². The van der Waals surface area contributed by atoms with Crippen LogP contribution in [0.25, 0.3) is 22.0 Å². The summed E-state index contributed by atoms with van der Waals surface area (Å²) in [5, 5.41) is 18.2. The molecule has 11 heteroatoms. The van der Waals surface area contributed by atoms with Crippen molar-refractivity contribution in [3.8, 4) is 11.1 Å². The predicted octanol–water partition coefficient (Wildman–Crippen LogP) is 3.49. The molecule has 1 unspecified atom stereocenters. The van der Waals surface area contributed by atoms with Gasteiger partial charge in [0.1, 0.15) is 5.52 Å². The van der Waals surface area contributed by atoms with Gasteiger partial charge in [0.2, 0.25) is 0 Å². The summed E-state index contributed by atoms with van der Waals surface area (Å²) in [5.74, 6) is -0.0494. The van der Waals surface area contributed by atoms with Gasteiger partial charge in [-0.15, -0.1) is 10.2 Å². The highest BCUT2D eigenvalue weighted by Gasteiger charge is 2.24. The molecule has 2 heterocycles. The normalized spacial score (nSPS) is 13.1. The molecule has 0 N–H and O–H groups in total. The number of nitrogens with zero attached hydrogens (tertiary/aromatic N) is 6. The number of hydrogen-bond donors (Lipinski definition) is 0.